The molecule has 8 heteroatoms. The number of hydrogen-bond acceptors (Lipinski definition) is 5. The summed E-state index contributed by atoms with van der Waals surface area (Å²) in [6.07, 6.45) is 7.77. The number of carbonyl (C=O) groups excluding carboxylic acids is 2. The molecule has 36 heavy (non-hydrogen) atoms. The Morgan fingerprint density at radius 3 is 2.33 bits per heavy atom. The van der Waals surface area contributed by atoms with E-state index < -0.39 is 5.54 Å². The van der Waals surface area contributed by atoms with Crippen LogP contribution >= 0.6 is 0 Å². The van der Waals surface area contributed by atoms with Crippen molar-refractivity contribution in [2.24, 2.45) is 0 Å². The van der Waals surface area contributed by atoms with Crippen LogP contribution in [0.2, 0.25) is 0 Å². The molecule has 0 saturated heterocycles. The van der Waals surface area contributed by atoms with Gasteiger partial charge in [0.2, 0.25) is 5.91 Å². The van der Waals surface area contributed by atoms with Crippen LogP contribution in [0.3, 0.4) is 0 Å². The Hall–Kier alpha value is -3.03. The molecule has 2 amide bonds. The summed E-state index contributed by atoms with van der Waals surface area (Å²) >= 11 is 0. The Kier molecular flexibility index (Phi) is 7.34. The minimum absolute atomic E-state index is 0.0999. The molecular formula is C28H40N4O4. The van der Waals surface area contributed by atoms with Crippen LogP contribution in [0.5, 0.6) is 11.5 Å². The number of carbonyl (C=O) groups is 2. The maximum Gasteiger partial charge on any atom is 0.277 e. The first-order chi connectivity index (χ1) is 17.1. The first-order valence-corrected chi connectivity index (χ1v) is 13.0. The number of rotatable bonds is 5. The van der Waals surface area contributed by atoms with E-state index in [1.54, 1.807) is 42.0 Å². The maximum atomic E-state index is 14.1. The molecule has 8 nitrogen and oxygen atoms in total. The quantitative estimate of drug-likeness (QED) is 0.640. The molecule has 0 spiro atoms. The number of ether oxygens (including phenoxy) is 2. The number of fused-ring (bicyclic) bond motifs is 1. The number of nitrogens with one attached hydrogen (secondary N) is 1. The summed E-state index contributed by atoms with van der Waals surface area (Å²) in [6, 6.07) is 7.25. The lowest BCUT2D eigenvalue weighted by atomic mass is 9.90. The summed E-state index contributed by atoms with van der Waals surface area (Å²) in [6.45, 7) is 8.26. The lowest BCUT2D eigenvalue weighted by molar-refractivity contribution is -0.127. The molecule has 1 aliphatic heterocycles. The van der Waals surface area contributed by atoms with Gasteiger partial charge in [0, 0.05) is 17.5 Å². The van der Waals surface area contributed by atoms with E-state index in [1.807, 2.05) is 13.0 Å². The van der Waals surface area contributed by atoms with Crippen molar-refractivity contribution >= 4 is 17.5 Å². The number of nitrogens with zero attached hydrogens (tertiary/aromatic N) is 3. The van der Waals surface area contributed by atoms with Crippen LogP contribution < -0.4 is 19.7 Å². The van der Waals surface area contributed by atoms with Crippen molar-refractivity contribution in [3.8, 4) is 11.5 Å². The van der Waals surface area contributed by atoms with E-state index >= 15 is 0 Å². The molecule has 1 aliphatic carbocycles. The van der Waals surface area contributed by atoms with Crippen LogP contribution in [0.1, 0.15) is 88.8 Å². The van der Waals surface area contributed by atoms with Gasteiger partial charge in [-0.3, -0.25) is 19.2 Å². The van der Waals surface area contributed by atoms with Gasteiger partial charge in [-0.05, 0) is 38.0 Å². The van der Waals surface area contributed by atoms with E-state index in [-0.39, 0.29) is 29.8 Å². The van der Waals surface area contributed by atoms with Crippen LogP contribution in [0.15, 0.2) is 24.3 Å². The Balaban J connectivity index is 1.80. The molecule has 4 rings (SSSR count). The molecule has 1 N–H and O–H groups in total. The first-order valence-electron chi connectivity index (χ1n) is 13.0. The normalized spacial score (nSPS) is 21.4. The van der Waals surface area contributed by atoms with Gasteiger partial charge in [0.05, 0.1) is 32.1 Å². The lowest BCUT2D eigenvalue weighted by Gasteiger charge is -2.44. The number of anilines is 1. The SMILES string of the molecule is COc1ccc(OC)c(N2C(=O)c3cc(C(C)(C)C)nn3C[C@]2(C)C(=O)NC2CCCCCCC2)c1. The Bertz CT molecular complexity index is 1110. The highest BCUT2D eigenvalue weighted by atomic mass is 16.5. The van der Waals surface area contributed by atoms with E-state index in [2.05, 4.69) is 26.1 Å². The van der Waals surface area contributed by atoms with Crippen molar-refractivity contribution in [1.82, 2.24) is 15.1 Å². The highest BCUT2D eigenvalue weighted by Gasteiger charge is 2.50. The summed E-state index contributed by atoms with van der Waals surface area (Å²) in [5.74, 6) is 0.616. The smallest absolute Gasteiger partial charge is 0.277 e. The molecular weight excluding hydrogens is 456 g/mol. The van der Waals surface area contributed by atoms with Gasteiger partial charge in [0.15, 0.2) is 0 Å². The van der Waals surface area contributed by atoms with Gasteiger partial charge < -0.3 is 14.8 Å². The lowest BCUT2D eigenvalue weighted by Crippen LogP contribution is -2.65. The molecule has 0 radical (unpaired) electrons. The van der Waals surface area contributed by atoms with Gasteiger partial charge in [-0.2, -0.15) is 5.10 Å². The van der Waals surface area contributed by atoms with Crippen molar-refractivity contribution in [2.45, 2.75) is 96.2 Å². The van der Waals surface area contributed by atoms with Crippen molar-refractivity contribution in [3.05, 3.63) is 35.7 Å². The van der Waals surface area contributed by atoms with E-state index in [4.69, 9.17) is 14.6 Å². The third-order valence-corrected chi connectivity index (χ3v) is 7.48. The summed E-state index contributed by atoms with van der Waals surface area (Å²) < 4.78 is 12.8. The van der Waals surface area contributed by atoms with Gasteiger partial charge in [-0.25, -0.2) is 0 Å². The molecule has 2 heterocycles. The second-order valence-electron chi connectivity index (χ2n) is 11.3. The Labute approximate surface area is 214 Å². The average molecular weight is 497 g/mol. The summed E-state index contributed by atoms with van der Waals surface area (Å²) in [5, 5.41) is 8.07. The fourth-order valence-electron chi connectivity index (χ4n) is 5.24. The summed E-state index contributed by atoms with van der Waals surface area (Å²) in [4.78, 5) is 29.8. The minimum Gasteiger partial charge on any atom is -0.497 e. The van der Waals surface area contributed by atoms with Gasteiger partial charge in [0.25, 0.3) is 5.91 Å². The van der Waals surface area contributed by atoms with E-state index in [9.17, 15) is 9.59 Å². The summed E-state index contributed by atoms with van der Waals surface area (Å²) in [7, 11) is 3.14. The van der Waals surface area contributed by atoms with Crippen molar-refractivity contribution < 1.29 is 19.1 Å². The fraction of sp³-hybridized carbons (Fsp3) is 0.607. The predicted molar refractivity (Wildman–Crippen MR) is 140 cm³/mol. The second-order valence-corrected chi connectivity index (χ2v) is 11.3. The fourth-order valence-corrected chi connectivity index (χ4v) is 5.24. The van der Waals surface area contributed by atoms with Crippen LogP contribution in [0.4, 0.5) is 5.69 Å². The number of aromatic nitrogens is 2. The molecule has 1 saturated carbocycles. The molecule has 196 valence electrons. The molecule has 1 fully saturated rings. The van der Waals surface area contributed by atoms with Gasteiger partial charge in [-0.15, -0.1) is 0 Å². The number of benzene rings is 1. The molecule has 1 aromatic carbocycles. The van der Waals surface area contributed by atoms with Gasteiger partial charge in [-0.1, -0.05) is 52.9 Å². The largest absolute Gasteiger partial charge is 0.497 e. The maximum absolute atomic E-state index is 14.1. The second kappa shape index (κ2) is 10.1. The molecule has 2 aliphatic rings. The average Bonchev–Trinajstić information content (AvgIpc) is 3.25. The van der Waals surface area contributed by atoms with Crippen LogP contribution in [0, 0.1) is 0 Å². The molecule has 2 aromatic rings. The highest BCUT2D eigenvalue weighted by Crippen LogP contribution is 2.41. The number of methoxy groups -OCH3 is 2. The number of amides is 2. The zero-order chi connectivity index (χ0) is 26.1. The van der Waals surface area contributed by atoms with Gasteiger partial charge in [0.1, 0.15) is 22.7 Å². The van der Waals surface area contributed by atoms with E-state index in [0.717, 1.165) is 31.4 Å². The predicted octanol–water partition coefficient (Wildman–Crippen LogP) is 4.85. The summed E-state index contributed by atoms with van der Waals surface area (Å²) in [5.41, 5.74) is 0.324. The topological polar surface area (TPSA) is 85.7 Å². The van der Waals surface area contributed by atoms with Crippen LogP contribution in [0.25, 0.3) is 0 Å². The van der Waals surface area contributed by atoms with E-state index in [0.29, 0.717) is 22.9 Å². The van der Waals surface area contributed by atoms with E-state index in [1.165, 1.54) is 19.3 Å². The zero-order valence-corrected chi connectivity index (χ0v) is 22.5. The molecule has 1 atom stereocenters. The van der Waals surface area contributed by atoms with Crippen LogP contribution in [-0.2, 0) is 16.8 Å². The first kappa shape index (κ1) is 26.0. The van der Waals surface area contributed by atoms with Crippen molar-refractivity contribution in [2.75, 3.05) is 19.1 Å². The molecule has 1 aromatic heterocycles. The monoisotopic (exact) mass is 496 g/mol. The number of hydrogen-bond donors (Lipinski definition) is 1. The zero-order valence-electron chi connectivity index (χ0n) is 22.5. The van der Waals surface area contributed by atoms with Crippen LogP contribution in [-0.4, -0.2) is 47.4 Å². The van der Waals surface area contributed by atoms with Crippen molar-refractivity contribution in [3.63, 3.8) is 0 Å². The molecule has 0 bridgehead atoms. The van der Waals surface area contributed by atoms with Gasteiger partial charge >= 0.3 is 0 Å². The molecule has 0 unspecified atom stereocenters. The third kappa shape index (κ3) is 4.95. The third-order valence-electron chi connectivity index (χ3n) is 7.48. The highest BCUT2D eigenvalue weighted by molar-refractivity contribution is 6.12. The standard InChI is InChI=1S/C28H40N4O4/c1-27(2,3)24-17-22-25(33)32(21-16-20(35-5)14-15-23(21)36-6)28(4,18-31(22)30-24)26(34)29-19-12-10-8-7-9-11-13-19/h14-17,19H,7-13,18H2,1-6H3,(H,29,34)/t28-/m1/s1. The Morgan fingerprint density at radius 1 is 1.06 bits per heavy atom. The Morgan fingerprint density at radius 2 is 1.72 bits per heavy atom. The minimum atomic E-state index is -1.22. The van der Waals surface area contributed by atoms with Crippen molar-refractivity contribution in [1.29, 1.82) is 0 Å².